The van der Waals surface area contributed by atoms with E-state index in [9.17, 15) is 9.59 Å². The lowest BCUT2D eigenvalue weighted by Gasteiger charge is -1.89. The Morgan fingerprint density at radius 3 is 1.83 bits per heavy atom. The van der Waals surface area contributed by atoms with Gasteiger partial charge < -0.3 is 15.3 Å². The van der Waals surface area contributed by atoms with E-state index < -0.39 is 6.09 Å². The molecule has 0 heterocycles. The molecule has 0 aromatic rings. The smallest absolute Gasteiger partial charge is 0.404 e. The third-order valence-corrected chi connectivity index (χ3v) is 0.889. The molecule has 0 radical (unpaired) electrons. The number of hydrogen-bond donors (Lipinski definition) is 1. The lowest BCUT2D eigenvalue weighted by molar-refractivity contribution is -0.117. The second kappa shape index (κ2) is 9.94. The van der Waals surface area contributed by atoms with Crippen LogP contribution in [0.4, 0.5) is 4.79 Å². The number of ether oxygens (including phenoxy) is 1. The Balaban J connectivity index is 0. The highest BCUT2D eigenvalue weighted by atomic mass is 16.5. The summed E-state index contributed by atoms with van der Waals surface area (Å²) in [7, 11) is 0. The molecule has 72 valence electrons. The third kappa shape index (κ3) is 23.1. The van der Waals surface area contributed by atoms with Gasteiger partial charge in [-0.05, 0) is 20.3 Å². The zero-order valence-electron chi connectivity index (χ0n) is 7.92. The number of ketones is 1. The van der Waals surface area contributed by atoms with Crippen LogP contribution in [0.2, 0.25) is 0 Å². The molecule has 2 N–H and O–H groups in total. The number of hydrogen-bond acceptors (Lipinski definition) is 3. The maximum absolute atomic E-state index is 10.0. The quantitative estimate of drug-likeness (QED) is 0.706. The number of carbonyl (C=O) groups excluding carboxylic acids is 2. The fourth-order valence-electron chi connectivity index (χ4n) is 0.494. The Labute approximate surface area is 73.1 Å². The van der Waals surface area contributed by atoms with Crippen molar-refractivity contribution < 1.29 is 14.3 Å². The van der Waals surface area contributed by atoms with E-state index in [1.807, 2.05) is 6.92 Å². The molecule has 0 aromatic heterocycles. The lowest BCUT2D eigenvalue weighted by atomic mass is 10.3. The standard InChI is InChI=1S/C5H10O.C3H7NO2/c1-3-4-5(2)6;1-2-6-3(4)5/h3-4H2,1-2H3;2H2,1H3,(H2,4,5). The van der Waals surface area contributed by atoms with Gasteiger partial charge in [0, 0.05) is 6.42 Å². The van der Waals surface area contributed by atoms with Gasteiger partial charge in [-0.3, -0.25) is 0 Å². The van der Waals surface area contributed by atoms with E-state index in [1.165, 1.54) is 0 Å². The fourth-order valence-corrected chi connectivity index (χ4v) is 0.494. The zero-order valence-corrected chi connectivity index (χ0v) is 7.92. The van der Waals surface area contributed by atoms with Crippen LogP contribution in [0.15, 0.2) is 0 Å². The number of carbonyl (C=O) groups is 2. The average Bonchev–Trinajstić information content (AvgIpc) is 1.87. The molecule has 0 rings (SSSR count). The maximum Gasteiger partial charge on any atom is 0.404 e. The highest BCUT2D eigenvalue weighted by Crippen LogP contribution is 1.84. The number of primary amides is 1. The van der Waals surface area contributed by atoms with Gasteiger partial charge in [0.2, 0.25) is 0 Å². The minimum atomic E-state index is -0.711. The highest BCUT2D eigenvalue weighted by molar-refractivity contribution is 5.75. The Morgan fingerprint density at radius 1 is 1.33 bits per heavy atom. The van der Waals surface area contributed by atoms with Crippen LogP contribution in [0.5, 0.6) is 0 Å². The predicted octanol–water partition coefficient (Wildman–Crippen LogP) is 1.48. The maximum atomic E-state index is 10.0. The monoisotopic (exact) mass is 175 g/mol. The van der Waals surface area contributed by atoms with Crippen molar-refractivity contribution in [3.63, 3.8) is 0 Å². The first kappa shape index (κ1) is 13.5. The highest BCUT2D eigenvalue weighted by Gasteiger charge is 1.83. The van der Waals surface area contributed by atoms with E-state index in [0.29, 0.717) is 6.61 Å². The fraction of sp³-hybridized carbons (Fsp3) is 0.750. The van der Waals surface area contributed by atoms with Crippen molar-refractivity contribution in [1.29, 1.82) is 0 Å². The Hall–Kier alpha value is -1.06. The molecular weight excluding hydrogens is 158 g/mol. The van der Waals surface area contributed by atoms with E-state index in [2.05, 4.69) is 10.5 Å². The van der Waals surface area contributed by atoms with Crippen molar-refractivity contribution in [1.82, 2.24) is 0 Å². The lowest BCUT2D eigenvalue weighted by Crippen LogP contribution is -2.11. The molecule has 12 heavy (non-hydrogen) atoms. The summed E-state index contributed by atoms with van der Waals surface area (Å²) in [5.74, 6) is 0.289. The van der Waals surface area contributed by atoms with Crippen molar-refractivity contribution in [3.05, 3.63) is 0 Å². The van der Waals surface area contributed by atoms with Crippen molar-refractivity contribution >= 4 is 11.9 Å². The summed E-state index contributed by atoms with van der Waals surface area (Å²) < 4.78 is 4.18. The predicted molar refractivity (Wildman–Crippen MR) is 46.8 cm³/mol. The Bertz CT molecular complexity index is 118. The van der Waals surface area contributed by atoms with Crippen LogP contribution in [0.25, 0.3) is 0 Å². The summed E-state index contributed by atoms with van der Waals surface area (Å²) in [4.78, 5) is 19.6. The molecule has 0 atom stereocenters. The van der Waals surface area contributed by atoms with E-state index in [-0.39, 0.29) is 5.78 Å². The summed E-state index contributed by atoms with van der Waals surface area (Å²) in [6.07, 6.45) is 1.01. The molecule has 0 spiro atoms. The number of nitrogens with two attached hydrogens (primary N) is 1. The Morgan fingerprint density at radius 2 is 1.83 bits per heavy atom. The van der Waals surface area contributed by atoms with Gasteiger partial charge in [0.15, 0.2) is 0 Å². The van der Waals surface area contributed by atoms with Crippen LogP contribution in [-0.4, -0.2) is 18.5 Å². The molecule has 0 aromatic carbocycles. The summed E-state index contributed by atoms with van der Waals surface area (Å²) in [5.41, 5.74) is 4.54. The second-order valence-electron chi connectivity index (χ2n) is 2.20. The number of amides is 1. The van der Waals surface area contributed by atoms with Gasteiger partial charge in [0.05, 0.1) is 6.61 Å². The first-order valence-corrected chi connectivity index (χ1v) is 3.96. The van der Waals surface area contributed by atoms with Gasteiger partial charge in [-0.2, -0.15) is 0 Å². The minimum Gasteiger partial charge on any atom is -0.450 e. The first-order valence-electron chi connectivity index (χ1n) is 3.96. The molecular formula is C8H17NO3. The van der Waals surface area contributed by atoms with Crippen LogP contribution in [0, 0.1) is 0 Å². The summed E-state index contributed by atoms with van der Waals surface area (Å²) in [6.45, 7) is 5.67. The molecule has 4 nitrogen and oxygen atoms in total. The molecule has 1 amide bonds. The molecule has 0 saturated carbocycles. The van der Waals surface area contributed by atoms with Crippen LogP contribution < -0.4 is 5.73 Å². The van der Waals surface area contributed by atoms with Gasteiger partial charge in [0.25, 0.3) is 0 Å². The molecule has 0 aliphatic carbocycles. The minimum absolute atomic E-state index is 0.289. The van der Waals surface area contributed by atoms with Crippen LogP contribution in [0.1, 0.15) is 33.6 Å². The van der Waals surface area contributed by atoms with E-state index in [1.54, 1.807) is 13.8 Å². The summed E-state index contributed by atoms with van der Waals surface area (Å²) in [5, 5.41) is 0. The van der Waals surface area contributed by atoms with Crippen LogP contribution >= 0.6 is 0 Å². The first-order chi connectivity index (χ1) is 5.54. The number of Topliss-reactive ketones (excluding diaryl/α,β-unsaturated/α-hetero) is 1. The zero-order chi connectivity index (χ0) is 9.98. The van der Waals surface area contributed by atoms with E-state index >= 15 is 0 Å². The summed E-state index contributed by atoms with van der Waals surface area (Å²) >= 11 is 0. The molecule has 0 unspecified atom stereocenters. The second-order valence-corrected chi connectivity index (χ2v) is 2.20. The molecule has 0 saturated heterocycles. The number of rotatable bonds is 3. The van der Waals surface area contributed by atoms with Gasteiger partial charge in [-0.15, -0.1) is 0 Å². The SMILES string of the molecule is CCCC(C)=O.CCOC(N)=O. The Kier molecular flexibility index (Phi) is 11.2. The topological polar surface area (TPSA) is 69.4 Å². The molecule has 4 heteroatoms. The molecule has 0 fully saturated rings. The van der Waals surface area contributed by atoms with Gasteiger partial charge in [0.1, 0.15) is 5.78 Å². The van der Waals surface area contributed by atoms with E-state index in [4.69, 9.17) is 0 Å². The molecule has 0 aliphatic rings. The largest absolute Gasteiger partial charge is 0.450 e. The normalized spacial score (nSPS) is 7.92. The van der Waals surface area contributed by atoms with Gasteiger partial charge in [-0.25, -0.2) is 4.79 Å². The molecule has 0 bridgehead atoms. The van der Waals surface area contributed by atoms with Crippen molar-refractivity contribution in [2.45, 2.75) is 33.6 Å². The van der Waals surface area contributed by atoms with Crippen molar-refractivity contribution in [2.75, 3.05) is 6.61 Å². The van der Waals surface area contributed by atoms with Crippen molar-refractivity contribution in [3.8, 4) is 0 Å². The van der Waals surface area contributed by atoms with E-state index in [0.717, 1.165) is 12.8 Å². The van der Waals surface area contributed by atoms with Crippen LogP contribution in [0.3, 0.4) is 0 Å². The van der Waals surface area contributed by atoms with Gasteiger partial charge in [-0.1, -0.05) is 6.92 Å². The average molecular weight is 175 g/mol. The van der Waals surface area contributed by atoms with Gasteiger partial charge >= 0.3 is 6.09 Å². The molecule has 0 aliphatic heterocycles. The van der Waals surface area contributed by atoms with Crippen LogP contribution in [-0.2, 0) is 9.53 Å². The van der Waals surface area contributed by atoms with Crippen molar-refractivity contribution in [2.24, 2.45) is 5.73 Å². The summed E-state index contributed by atoms with van der Waals surface area (Å²) in [6, 6.07) is 0. The third-order valence-electron chi connectivity index (χ3n) is 0.889.